The molecule has 0 bridgehead atoms. The maximum Gasteiger partial charge on any atom is 0.361 e. The molecule has 3 aromatic rings. The molecule has 3 rings (SSSR count). The van der Waals surface area contributed by atoms with Crippen molar-refractivity contribution in [2.75, 3.05) is 12.3 Å². The van der Waals surface area contributed by atoms with E-state index in [1.165, 1.54) is 5.56 Å². The summed E-state index contributed by atoms with van der Waals surface area (Å²) in [6.07, 6.45) is 0. The van der Waals surface area contributed by atoms with Crippen LogP contribution in [0.1, 0.15) is 23.6 Å². The van der Waals surface area contributed by atoms with E-state index in [0.29, 0.717) is 12.6 Å². The lowest BCUT2D eigenvalue weighted by atomic mass is 10.0. The van der Waals surface area contributed by atoms with Gasteiger partial charge in [0, 0.05) is 0 Å². The summed E-state index contributed by atoms with van der Waals surface area (Å²) in [5.41, 5.74) is 12.9. The Morgan fingerprint density at radius 3 is 2.44 bits per heavy atom. The second kappa shape index (κ2) is 6.59. The van der Waals surface area contributed by atoms with E-state index < -0.39 is 0 Å². The van der Waals surface area contributed by atoms with E-state index in [1.54, 1.807) is 6.92 Å². The Morgan fingerprint density at radius 1 is 1.16 bits per heavy atom. The lowest BCUT2D eigenvalue weighted by Crippen LogP contribution is -2.41. The minimum absolute atomic E-state index is 0.0944. The van der Waals surface area contributed by atoms with Crippen LogP contribution >= 0.6 is 0 Å². The summed E-state index contributed by atoms with van der Waals surface area (Å²) in [4.78, 5) is 12.0. The first-order chi connectivity index (χ1) is 11.9. The second-order valence-corrected chi connectivity index (χ2v) is 6.32. The molecular formula is C20H24N3O2+. The Kier molecular flexibility index (Phi) is 4.49. The number of hydrogen-bond donors (Lipinski definition) is 1. The topological polar surface area (TPSA) is 61.1 Å². The zero-order chi connectivity index (χ0) is 18.1. The Labute approximate surface area is 147 Å². The smallest absolute Gasteiger partial charge is 0.361 e. The fraction of sp³-hybridized carbons (Fsp3) is 0.300. The van der Waals surface area contributed by atoms with Gasteiger partial charge in [-0.1, -0.05) is 29.8 Å². The van der Waals surface area contributed by atoms with Gasteiger partial charge >= 0.3 is 11.9 Å². The summed E-state index contributed by atoms with van der Waals surface area (Å²) in [7, 11) is 0. The van der Waals surface area contributed by atoms with Crippen molar-refractivity contribution in [1.82, 2.24) is 4.57 Å². The standard InChI is InChI=1S/C20H23N3O2/c1-5-25-18(24)12-22-16-8-6-7-9-17(16)23(20(22)21)19-14(3)10-13(2)11-15(19)4/h6-11,21H,5,12H2,1-4H3/p+1. The Balaban J connectivity index is 2.27. The third kappa shape index (κ3) is 2.97. The van der Waals surface area contributed by atoms with E-state index >= 15 is 0 Å². The summed E-state index contributed by atoms with van der Waals surface area (Å²) in [6, 6.07) is 12.2. The molecule has 0 aliphatic carbocycles. The number of aromatic nitrogens is 2. The molecule has 0 saturated heterocycles. The molecule has 0 aliphatic heterocycles. The van der Waals surface area contributed by atoms with Crippen molar-refractivity contribution in [2.45, 2.75) is 34.2 Å². The number of benzene rings is 2. The molecule has 25 heavy (non-hydrogen) atoms. The number of nitrogen functional groups attached to an aromatic ring is 1. The molecule has 130 valence electrons. The molecule has 0 saturated carbocycles. The minimum Gasteiger partial charge on any atom is -0.464 e. The number of ether oxygens (including phenoxy) is 1. The van der Waals surface area contributed by atoms with Crippen LogP contribution in [0.3, 0.4) is 0 Å². The Morgan fingerprint density at radius 2 is 1.80 bits per heavy atom. The normalized spacial score (nSPS) is 11.0. The lowest BCUT2D eigenvalue weighted by molar-refractivity contribution is -0.645. The van der Waals surface area contributed by atoms with Gasteiger partial charge in [-0.25, -0.2) is 9.36 Å². The van der Waals surface area contributed by atoms with Crippen molar-refractivity contribution in [2.24, 2.45) is 0 Å². The van der Waals surface area contributed by atoms with Crippen LogP contribution in [-0.4, -0.2) is 17.1 Å². The van der Waals surface area contributed by atoms with Crippen molar-refractivity contribution in [1.29, 1.82) is 0 Å². The average Bonchev–Trinajstić information content (AvgIpc) is 2.80. The number of nitrogens with zero attached hydrogens (tertiary/aromatic N) is 2. The fourth-order valence-corrected chi connectivity index (χ4v) is 3.51. The number of esters is 1. The van der Waals surface area contributed by atoms with Crippen LogP contribution in [0.25, 0.3) is 16.7 Å². The molecule has 1 heterocycles. The number of rotatable bonds is 4. The molecule has 0 unspecified atom stereocenters. The van der Waals surface area contributed by atoms with Crippen LogP contribution in [0, 0.1) is 20.8 Å². The predicted molar refractivity (Wildman–Crippen MR) is 98.7 cm³/mol. The molecular weight excluding hydrogens is 314 g/mol. The third-order valence-electron chi connectivity index (χ3n) is 4.37. The van der Waals surface area contributed by atoms with Crippen molar-refractivity contribution in [3.05, 3.63) is 53.1 Å². The van der Waals surface area contributed by atoms with Gasteiger partial charge in [-0.3, -0.25) is 5.73 Å². The van der Waals surface area contributed by atoms with Gasteiger partial charge in [-0.05, 0) is 51.0 Å². The number of hydrogen-bond acceptors (Lipinski definition) is 3. The summed E-state index contributed by atoms with van der Waals surface area (Å²) >= 11 is 0. The number of carbonyl (C=O) groups is 1. The largest absolute Gasteiger partial charge is 0.464 e. The van der Waals surface area contributed by atoms with Gasteiger partial charge in [0.05, 0.1) is 6.61 Å². The molecule has 5 heteroatoms. The maximum absolute atomic E-state index is 12.0. The number of anilines is 1. The molecule has 0 amide bonds. The quantitative estimate of drug-likeness (QED) is 0.588. The highest BCUT2D eigenvalue weighted by Gasteiger charge is 2.26. The molecule has 0 fully saturated rings. The molecule has 2 aromatic carbocycles. The van der Waals surface area contributed by atoms with Gasteiger partial charge in [0.15, 0.2) is 6.54 Å². The third-order valence-corrected chi connectivity index (χ3v) is 4.37. The summed E-state index contributed by atoms with van der Waals surface area (Å²) < 4.78 is 8.94. The molecule has 0 atom stereocenters. The Bertz CT molecular complexity index is 934. The van der Waals surface area contributed by atoms with E-state index in [-0.39, 0.29) is 12.5 Å². The van der Waals surface area contributed by atoms with Crippen molar-refractivity contribution in [3.8, 4) is 5.69 Å². The summed E-state index contributed by atoms with van der Waals surface area (Å²) in [6.45, 7) is 8.50. The van der Waals surface area contributed by atoms with Crippen molar-refractivity contribution >= 4 is 23.0 Å². The second-order valence-electron chi connectivity index (χ2n) is 6.32. The first kappa shape index (κ1) is 17.0. The number of carbonyl (C=O) groups excluding carboxylic acids is 1. The van der Waals surface area contributed by atoms with Crippen LogP contribution in [-0.2, 0) is 16.1 Å². The first-order valence-corrected chi connectivity index (χ1v) is 8.46. The highest BCUT2D eigenvalue weighted by Crippen LogP contribution is 2.27. The molecule has 0 aliphatic rings. The zero-order valence-electron chi connectivity index (χ0n) is 15.2. The monoisotopic (exact) mass is 338 g/mol. The van der Waals surface area contributed by atoms with Gasteiger partial charge in [-0.15, -0.1) is 0 Å². The van der Waals surface area contributed by atoms with Gasteiger partial charge < -0.3 is 4.74 Å². The highest BCUT2D eigenvalue weighted by molar-refractivity contribution is 5.78. The van der Waals surface area contributed by atoms with Gasteiger partial charge in [-0.2, -0.15) is 4.57 Å². The molecule has 0 spiro atoms. The molecule has 0 radical (unpaired) electrons. The number of nitrogens with two attached hydrogens (primary N) is 1. The maximum atomic E-state index is 12.0. The van der Waals surface area contributed by atoms with Crippen LogP contribution < -0.4 is 10.3 Å². The minimum atomic E-state index is -0.292. The van der Waals surface area contributed by atoms with E-state index in [2.05, 4.69) is 32.9 Å². The fourth-order valence-electron chi connectivity index (χ4n) is 3.51. The lowest BCUT2D eigenvalue weighted by Gasteiger charge is -2.10. The van der Waals surface area contributed by atoms with Crippen LogP contribution in [0.4, 0.5) is 5.95 Å². The van der Waals surface area contributed by atoms with E-state index in [1.807, 2.05) is 33.4 Å². The Hall–Kier alpha value is -2.82. The average molecular weight is 338 g/mol. The first-order valence-electron chi connectivity index (χ1n) is 8.46. The summed E-state index contributed by atoms with van der Waals surface area (Å²) in [5, 5.41) is 0. The van der Waals surface area contributed by atoms with Crippen molar-refractivity contribution < 1.29 is 14.1 Å². The van der Waals surface area contributed by atoms with Crippen molar-refractivity contribution in [3.63, 3.8) is 0 Å². The highest BCUT2D eigenvalue weighted by atomic mass is 16.5. The molecule has 5 nitrogen and oxygen atoms in total. The van der Waals surface area contributed by atoms with E-state index in [4.69, 9.17) is 10.5 Å². The SMILES string of the molecule is CCOC(=O)C[n+]1c(N)n(-c2c(C)cc(C)cc2C)c2ccccc21. The summed E-state index contributed by atoms with van der Waals surface area (Å²) in [5.74, 6) is 0.226. The van der Waals surface area contributed by atoms with Crippen LogP contribution in [0.2, 0.25) is 0 Å². The number of aryl methyl sites for hydroxylation is 3. The van der Waals surface area contributed by atoms with E-state index in [0.717, 1.165) is 27.8 Å². The number of fused-ring (bicyclic) bond motifs is 1. The predicted octanol–water partition coefficient (Wildman–Crippen LogP) is 2.99. The molecule has 1 aromatic heterocycles. The molecule has 2 N–H and O–H groups in total. The van der Waals surface area contributed by atoms with Gasteiger partial charge in [0.25, 0.3) is 0 Å². The number of para-hydroxylation sites is 2. The van der Waals surface area contributed by atoms with Gasteiger partial charge in [0.1, 0.15) is 16.7 Å². The van der Waals surface area contributed by atoms with Crippen LogP contribution in [0.15, 0.2) is 36.4 Å². The van der Waals surface area contributed by atoms with Gasteiger partial charge in [0.2, 0.25) is 0 Å². The zero-order valence-corrected chi connectivity index (χ0v) is 15.2. The number of imidazole rings is 1. The van der Waals surface area contributed by atoms with Crippen LogP contribution in [0.5, 0.6) is 0 Å². The van der Waals surface area contributed by atoms with E-state index in [9.17, 15) is 4.79 Å².